The molecule has 0 atom stereocenters. The highest BCUT2D eigenvalue weighted by atomic mass is 35.5. The molecule has 0 saturated carbocycles. The number of benzene rings is 2. The van der Waals surface area contributed by atoms with Crippen molar-refractivity contribution in [3.8, 4) is 0 Å². The molecule has 13 heteroatoms. The molecule has 2 aliphatic rings. The lowest BCUT2D eigenvalue weighted by atomic mass is 10.0. The first-order valence-corrected chi connectivity index (χ1v) is 13.3. The minimum absolute atomic E-state index is 0.0272. The summed E-state index contributed by atoms with van der Waals surface area (Å²) in [6, 6.07) is 11.0. The Morgan fingerprint density at radius 1 is 0.972 bits per heavy atom. The summed E-state index contributed by atoms with van der Waals surface area (Å²) in [4.78, 5) is 27.3. The van der Waals surface area contributed by atoms with Crippen molar-refractivity contribution in [3.63, 3.8) is 0 Å². The average molecular weight is 573 g/mol. The van der Waals surface area contributed by atoms with Crippen LogP contribution in [-0.2, 0) is 21.4 Å². The number of fused-ring (bicyclic) bond motifs is 1. The summed E-state index contributed by atoms with van der Waals surface area (Å²) in [6.45, 7) is 0.699. The third-order valence-corrected chi connectivity index (χ3v) is 8.51. The second-order valence-electron chi connectivity index (χ2n) is 7.90. The van der Waals surface area contributed by atoms with Gasteiger partial charge in [-0.3, -0.25) is 4.90 Å². The van der Waals surface area contributed by atoms with Crippen molar-refractivity contribution >= 4 is 56.6 Å². The number of piperidine rings is 1. The van der Waals surface area contributed by atoms with Gasteiger partial charge in [0.2, 0.25) is 10.0 Å². The van der Waals surface area contributed by atoms with E-state index in [9.17, 15) is 18.0 Å². The van der Waals surface area contributed by atoms with Gasteiger partial charge in [0.1, 0.15) is 11.5 Å². The van der Waals surface area contributed by atoms with E-state index in [1.54, 1.807) is 29.2 Å². The minimum Gasteiger partial charge on any atom is -0.444 e. The molecule has 9 nitrogen and oxygen atoms in total. The maximum atomic E-state index is 13.0. The summed E-state index contributed by atoms with van der Waals surface area (Å²) in [6.07, 6.45) is 3.19. The Bertz CT molecular complexity index is 1410. The second kappa shape index (κ2) is 11.2. The number of rotatable bonds is 3. The molecule has 1 saturated heterocycles. The van der Waals surface area contributed by atoms with Crippen LogP contribution in [-0.4, -0.2) is 42.9 Å². The third kappa shape index (κ3) is 5.84. The Morgan fingerprint density at radius 2 is 1.67 bits per heavy atom. The second-order valence-corrected chi connectivity index (χ2v) is 11.1. The van der Waals surface area contributed by atoms with Gasteiger partial charge < -0.3 is 9.15 Å². The molecule has 0 aliphatic carbocycles. The Kier molecular flexibility index (Phi) is 8.21. The summed E-state index contributed by atoms with van der Waals surface area (Å²) in [7, 11) is -3.75. The molecule has 1 aromatic heterocycles. The highest BCUT2D eigenvalue weighted by Crippen LogP contribution is 2.35. The number of amides is 1. The molecule has 0 bridgehead atoms. The van der Waals surface area contributed by atoms with E-state index in [1.165, 1.54) is 35.0 Å². The standard InChI is InChI=1S/C19H17Cl3N2O4S.C4H3NO2/c20-13-1-3-17-12(9-13)11-28-19(25)24(17)15-5-7-23(8-6-15)29(26,27)18-4-2-14(21)10-16(18)22;6-4-5-2-1-3-7-4/h1-4,9-10,15H,5-8,11H2;1-3H. The molecule has 5 rings (SSSR count). The van der Waals surface area contributed by atoms with Gasteiger partial charge in [-0.1, -0.05) is 34.8 Å². The highest BCUT2D eigenvalue weighted by molar-refractivity contribution is 7.89. The van der Waals surface area contributed by atoms with Crippen LogP contribution in [0, 0.1) is 0 Å². The van der Waals surface area contributed by atoms with E-state index in [0.29, 0.717) is 22.9 Å². The quantitative estimate of drug-likeness (QED) is 0.435. The molecule has 3 aromatic rings. The highest BCUT2D eigenvalue weighted by Gasteiger charge is 2.37. The summed E-state index contributed by atoms with van der Waals surface area (Å²) < 4.78 is 36.9. The van der Waals surface area contributed by atoms with Crippen LogP contribution in [0.3, 0.4) is 0 Å². The van der Waals surface area contributed by atoms with Gasteiger partial charge in [-0.25, -0.2) is 18.0 Å². The monoisotopic (exact) mass is 571 g/mol. The Labute approximate surface area is 222 Å². The number of halogens is 3. The third-order valence-electron chi connectivity index (χ3n) is 5.66. The van der Waals surface area contributed by atoms with E-state index in [-0.39, 0.29) is 35.7 Å². The largest absolute Gasteiger partial charge is 0.444 e. The van der Waals surface area contributed by atoms with Gasteiger partial charge in [0, 0.05) is 40.9 Å². The fourth-order valence-corrected chi connectivity index (χ4v) is 6.40. The van der Waals surface area contributed by atoms with E-state index in [1.807, 2.05) is 0 Å². The van der Waals surface area contributed by atoms with Gasteiger partial charge in [0.25, 0.3) is 0 Å². The average Bonchev–Trinajstić information content (AvgIpc) is 2.85. The maximum absolute atomic E-state index is 13.0. The summed E-state index contributed by atoms with van der Waals surface area (Å²) in [5, 5.41) is 1.03. The normalized spacial score (nSPS) is 16.5. The molecular weight excluding hydrogens is 553 g/mol. The number of hydrogen-bond acceptors (Lipinski definition) is 7. The summed E-state index contributed by atoms with van der Waals surface area (Å²) in [5.74, 6) is -0.553. The van der Waals surface area contributed by atoms with Gasteiger partial charge in [-0.15, -0.1) is 0 Å². The van der Waals surface area contributed by atoms with Crippen LogP contribution in [0.1, 0.15) is 18.4 Å². The van der Waals surface area contributed by atoms with E-state index in [0.717, 1.165) is 11.3 Å². The van der Waals surface area contributed by atoms with Crippen LogP contribution in [0.15, 0.2) is 69.0 Å². The molecule has 0 unspecified atom stereocenters. The lowest BCUT2D eigenvalue weighted by Gasteiger charge is -2.39. The van der Waals surface area contributed by atoms with Crippen molar-refractivity contribution in [2.24, 2.45) is 0 Å². The Morgan fingerprint density at radius 3 is 2.28 bits per heavy atom. The predicted molar refractivity (Wildman–Crippen MR) is 135 cm³/mol. The molecule has 36 heavy (non-hydrogen) atoms. The number of carbonyl (C=O) groups is 1. The van der Waals surface area contributed by atoms with E-state index in [4.69, 9.17) is 39.5 Å². The van der Waals surface area contributed by atoms with Crippen molar-refractivity contribution in [2.45, 2.75) is 30.4 Å². The van der Waals surface area contributed by atoms with Crippen LogP contribution >= 0.6 is 34.8 Å². The van der Waals surface area contributed by atoms with Crippen molar-refractivity contribution in [1.82, 2.24) is 9.29 Å². The molecule has 0 radical (unpaired) electrons. The lowest BCUT2D eigenvalue weighted by Crippen LogP contribution is -2.50. The number of carbonyl (C=O) groups excluding carboxylic acids is 1. The van der Waals surface area contributed by atoms with Gasteiger partial charge in [-0.2, -0.15) is 9.29 Å². The first-order chi connectivity index (χ1) is 17.2. The first-order valence-electron chi connectivity index (χ1n) is 10.8. The lowest BCUT2D eigenvalue weighted by molar-refractivity contribution is 0.136. The summed E-state index contributed by atoms with van der Waals surface area (Å²) >= 11 is 18.0. The number of cyclic esters (lactones) is 1. The fourth-order valence-electron chi connectivity index (χ4n) is 3.99. The molecule has 2 aliphatic heterocycles. The number of nitrogens with zero attached hydrogens (tertiary/aromatic N) is 3. The summed E-state index contributed by atoms with van der Waals surface area (Å²) in [5.41, 5.74) is 1.59. The molecule has 3 heterocycles. The fraction of sp³-hybridized carbons (Fsp3) is 0.261. The van der Waals surface area contributed by atoms with Gasteiger partial charge in [-0.05, 0) is 55.3 Å². The SMILES string of the molecule is O=C1OCc2cc(Cl)ccc2N1C1CCN(S(=O)(=O)c2ccc(Cl)cc2Cl)CC1.O=c1nccco1. The van der Waals surface area contributed by atoms with Crippen LogP contribution in [0.4, 0.5) is 10.5 Å². The maximum Gasteiger partial charge on any atom is 0.438 e. The number of sulfonamides is 1. The molecule has 1 amide bonds. The zero-order valence-electron chi connectivity index (χ0n) is 18.6. The number of anilines is 1. The van der Waals surface area contributed by atoms with Crippen LogP contribution < -0.4 is 10.7 Å². The Balaban J connectivity index is 0.000000375. The molecule has 2 aromatic carbocycles. The number of ether oxygens (including phenoxy) is 1. The van der Waals surface area contributed by atoms with Crippen LogP contribution in [0.25, 0.3) is 0 Å². The van der Waals surface area contributed by atoms with E-state index < -0.39 is 21.9 Å². The van der Waals surface area contributed by atoms with Crippen molar-refractivity contribution in [1.29, 1.82) is 0 Å². The van der Waals surface area contributed by atoms with Gasteiger partial charge >= 0.3 is 11.8 Å². The number of hydrogen-bond donors (Lipinski definition) is 0. The topological polar surface area (TPSA) is 110 Å². The van der Waals surface area contributed by atoms with Crippen LogP contribution in [0.2, 0.25) is 15.1 Å². The van der Waals surface area contributed by atoms with E-state index >= 15 is 0 Å². The van der Waals surface area contributed by atoms with Crippen molar-refractivity contribution in [2.75, 3.05) is 18.0 Å². The van der Waals surface area contributed by atoms with Crippen molar-refractivity contribution < 1.29 is 22.4 Å². The van der Waals surface area contributed by atoms with E-state index in [2.05, 4.69) is 9.40 Å². The predicted octanol–water partition coefficient (Wildman–Crippen LogP) is 4.99. The molecular formula is C23H20Cl3N3O6S. The van der Waals surface area contributed by atoms with Crippen LogP contribution in [0.5, 0.6) is 0 Å². The Hall–Kier alpha value is -2.63. The van der Waals surface area contributed by atoms with Gasteiger partial charge in [0.15, 0.2) is 0 Å². The zero-order valence-corrected chi connectivity index (χ0v) is 21.7. The minimum atomic E-state index is -3.75. The van der Waals surface area contributed by atoms with Gasteiger partial charge in [0.05, 0.1) is 17.0 Å². The molecule has 1 fully saturated rings. The van der Waals surface area contributed by atoms with Crippen molar-refractivity contribution in [3.05, 3.63) is 86.1 Å². The first kappa shape index (κ1) is 26.4. The molecule has 0 N–H and O–H groups in total. The smallest absolute Gasteiger partial charge is 0.438 e. The molecule has 0 spiro atoms. The molecule has 190 valence electrons. The zero-order chi connectivity index (χ0) is 25.9. The number of aromatic nitrogens is 1.